The summed E-state index contributed by atoms with van der Waals surface area (Å²) in [6.45, 7) is 10.0. The molecule has 19 heteroatoms. The first-order valence-corrected chi connectivity index (χ1v) is 22.4. The second kappa shape index (κ2) is 16.8. The van der Waals surface area contributed by atoms with Crippen LogP contribution in [-0.2, 0) is 23.9 Å². The summed E-state index contributed by atoms with van der Waals surface area (Å²) in [6.07, 6.45) is 13.7. The Morgan fingerprint density at radius 2 is 1.75 bits per heavy atom. The highest BCUT2D eigenvalue weighted by atomic mass is 19.1. The lowest BCUT2D eigenvalue weighted by Gasteiger charge is -2.42. The maximum Gasteiger partial charge on any atom is 0.356 e. The van der Waals surface area contributed by atoms with Crippen molar-refractivity contribution >= 4 is 40.5 Å². The maximum absolute atomic E-state index is 15.4. The van der Waals surface area contributed by atoms with Crippen LogP contribution in [0.4, 0.5) is 21.6 Å². The average molecular weight is 886 g/mol. The minimum atomic E-state index is -1.14. The molecule has 8 heterocycles. The predicted octanol–water partition coefficient (Wildman–Crippen LogP) is 4.03. The van der Waals surface area contributed by atoms with Crippen molar-refractivity contribution in [2.45, 2.75) is 94.8 Å². The fourth-order valence-corrected chi connectivity index (χ4v) is 9.71. The number of anilines is 3. The molecule has 1 aliphatic carbocycles. The van der Waals surface area contributed by atoms with Crippen LogP contribution in [0.1, 0.15) is 70.9 Å². The van der Waals surface area contributed by atoms with E-state index in [2.05, 4.69) is 41.8 Å². The third-order valence-corrected chi connectivity index (χ3v) is 13.2. The van der Waals surface area contributed by atoms with Gasteiger partial charge in [0, 0.05) is 80.9 Å². The maximum atomic E-state index is 15.4. The highest BCUT2D eigenvalue weighted by Crippen LogP contribution is 2.37. The van der Waals surface area contributed by atoms with Gasteiger partial charge >= 0.3 is 5.97 Å². The number of rotatable bonds is 9. The largest absolute Gasteiger partial charge is 0.457 e. The summed E-state index contributed by atoms with van der Waals surface area (Å²) in [5, 5.41) is 27.9. The van der Waals surface area contributed by atoms with Crippen LogP contribution < -0.4 is 25.8 Å². The quantitative estimate of drug-likeness (QED) is 0.108. The van der Waals surface area contributed by atoms with Crippen LogP contribution in [0.2, 0.25) is 0 Å². The van der Waals surface area contributed by atoms with E-state index in [9.17, 15) is 19.6 Å². The number of halogens is 1. The highest BCUT2D eigenvalue weighted by Gasteiger charge is 2.65. The average Bonchev–Trinajstić information content (AvgIpc) is 3.58. The van der Waals surface area contributed by atoms with Crippen molar-refractivity contribution in [2.24, 2.45) is 0 Å². The van der Waals surface area contributed by atoms with Crippen molar-refractivity contribution in [3.63, 3.8) is 0 Å². The lowest BCUT2D eigenvalue weighted by molar-refractivity contribution is -0.172. The molecule has 0 radical (unpaired) electrons. The standard InChI is InChI=1S/C46H52FN13O5/c1-45(2,3)65-44(63)46-38(55-46)27-58(18-19-64-46)39-12-4-28(22-49-39)41-42-29(21-48)23-51-60(42)26-36(53-41)30-24-50-59(25-30)33-8-6-32(7-9-33)56-14-16-57(17-15-56)37-11-5-31(20-34(37)47)52-35-10-13-40(61)54-43(35)62/h4-5,11-12,20,22-26,32-33,35,38,52,55H,6-10,13-19,27H2,1-3H3,(H,54,61,62)/t32?,33?,35?,38-,46?/m0/s1. The second-order valence-electron chi connectivity index (χ2n) is 18.6. The summed E-state index contributed by atoms with van der Waals surface area (Å²) in [4.78, 5) is 53.3. The molecule has 0 bridgehead atoms. The molecule has 3 atom stereocenters. The molecule has 4 saturated heterocycles. The molecular formula is C46H52FN13O5. The number of nitriles is 1. The van der Waals surface area contributed by atoms with Crippen molar-refractivity contribution in [2.75, 3.05) is 61.0 Å². The molecule has 65 heavy (non-hydrogen) atoms. The first kappa shape index (κ1) is 42.5. The van der Waals surface area contributed by atoms with Gasteiger partial charge in [0.05, 0.1) is 54.4 Å². The van der Waals surface area contributed by atoms with E-state index < -0.39 is 23.3 Å². The summed E-state index contributed by atoms with van der Waals surface area (Å²) >= 11 is 0. The third-order valence-electron chi connectivity index (χ3n) is 13.2. The number of nitrogens with one attached hydrogen (secondary N) is 3. The van der Waals surface area contributed by atoms with Gasteiger partial charge < -0.3 is 24.6 Å². The van der Waals surface area contributed by atoms with Gasteiger partial charge in [0.1, 0.15) is 40.4 Å². The molecular weight excluding hydrogens is 834 g/mol. The fraction of sp³-hybridized carbons (Fsp3) is 0.478. The van der Waals surface area contributed by atoms with Gasteiger partial charge in [-0.15, -0.1) is 0 Å². The monoisotopic (exact) mass is 885 g/mol. The van der Waals surface area contributed by atoms with Gasteiger partial charge in [0.25, 0.3) is 0 Å². The van der Waals surface area contributed by atoms with Gasteiger partial charge in [-0.25, -0.2) is 23.7 Å². The van der Waals surface area contributed by atoms with E-state index in [0.29, 0.717) is 66.0 Å². The van der Waals surface area contributed by atoms with Crippen LogP contribution in [0, 0.1) is 17.1 Å². The number of amides is 2. The van der Waals surface area contributed by atoms with Crippen LogP contribution in [0.25, 0.3) is 28.0 Å². The van der Waals surface area contributed by atoms with Gasteiger partial charge in [-0.3, -0.25) is 29.8 Å². The van der Waals surface area contributed by atoms with Crippen molar-refractivity contribution < 1.29 is 28.2 Å². The number of piperazine rings is 1. The van der Waals surface area contributed by atoms with Crippen molar-refractivity contribution in [3.8, 4) is 28.6 Å². The molecule has 4 aromatic heterocycles. The van der Waals surface area contributed by atoms with E-state index >= 15 is 4.39 Å². The fourth-order valence-electron chi connectivity index (χ4n) is 9.71. The number of pyridine rings is 1. The molecule has 5 aromatic rings. The number of piperidine rings is 1. The zero-order valence-corrected chi connectivity index (χ0v) is 36.7. The van der Waals surface area contributed by atoms with Crippen LogP contribution in [0.15, 0.2) is 61.3 Å². The smallest absolute Gasteiger partial charge is 0.356 e. The van der Waals surface area contributed by atoms with Crippen molar-refractivity contribution in [3.05, 3.63) is 72.7 Å². The number of hydrogen-bond acceptors (Lipinski definition) is 15. The molecule has 2 amide bonds. The summed E-state index contributed by atoms with van der Waals surface area (Å²) in [5.41, 5.74) is 3.11. The van der Waals surface area contributed by atoms with E-state index in [1.165, 1.54) is 6.07 Å². The van der Waals surface area contributed by atoms with Gasteiger partial charge in [-0.1, -0.05) is 0 Å². The van der Waals surface area contributed by atoms with Crippen LogP contribution in [-0.4, -0.2) is 127 Å². The van der Waals surface area contributed by atoms with Gasteiger partial charge in [0.2, 0.25) is 17.5 Å². The normalized spacial score (nSPS) is 25.1. The lowest BCUT2D eigenvalue weighted by Crippen LogP contribution is -2.51. The Balaban J connectivity index is 0.765. The van der Waals surface area contributed by atoms with Gasteiger partial charge in [0.15, 0.2) is 0 Å². The Morgan fingerprint density at radius 1 is 0.954 bits per heavy atom. The molecule has 1 saturated carbocycles. The summed E-state index contributed by atoms with van der Waals surface area (Å²) in [7, 11) is 0. The SMILES string of the molecule is CC(C)(C)OC(=O)C12N[C@H]1CN(c1ccc(-c3nc(-c4cnn(C5CCC(N6CCN(c7ccc(NC8CCC(=O)NC8=O)cc7F)CC6)CC5)c4)cn4ncc(C#N)c34)cn1)CCO2. The lowest BCUT2D eigenvalue weighted by atomic mass is 9.90. The van der Waals surface area contributed by atoms with Crippen molar-refractivity contribution in [1.29, 1.82) is 5.26 Å². The number of nitrogens with zero attached hydrogens (tertiary/aromatic N) is 10. The number of aromatic nitrogens is 6. The minimum Gasteiger partial charge on any atom is -0.457 e. The van der Waals surface area contributed by atoms with Gasteiger partial charge in [-0.2, -0.15) is 15.5 Å². The number of benzene rings is 1. The molecule has 5 aliphatic rings. The molecule has 5 fully saturated rings. The summed E-state index contributed by atoms with van der Waals surface area (Å²) in [6, 6.07) is 11.0. The number of esters is 1. The van der Waals surface area contributed by atoms with Crippen LogP contribution in [0.5, 0.6) is 0 Å². The predicted molar refractivity (Wildman–Crippen MR) is 237 cm³/mol. The number of hydrogen-bond donors (Lipinski definition) is 3. The molecule has 338 valence electrons. The number of imide groups is 1. The number of ether oxygens (including phenoxy) is 2. The van der Waals surface area contributed by atoms with Crippen LogP contribution >= 0.6 is 0 Å². The molecule has 3 N–H and O–H groups in total. The van der Waals surface area contributed by atoms with Crippen molar-refractivity contribution in [1.82, 2.24) is 44.9 Å². The Labute approximate surface area is 375 Å². The topological polar surface area (TPSA) is 210 Å². The first-order valence-electron chi connectivity index (χ1n) is 22.4. The molecule has 0 spiro atoms. The number of carbonyl (C=O) groups excluding carboxylic acids is 3. The number of fused-ring (bicyclic) bond motifs is 2. The number of carbonyl (C=O) groups is 3. The first-order chi connectivity index (χ1) is 31.3. The van der Waals surface area contributed by atoms with E-state index in [1.54, 1.807) is 29.0 Å². The minimum absolute atomic E-state index is 0.230. The second-order valence-corrected chi connectivity index (χ2v) is 18.6. The molecule has 10 rings (SSSR count). The molecule has 18 nitrogen and oxygen atoms in total. The van der Waals surface area contributed by atoms with E-state index in [-0.39, 0.29) is 36.1 Å². The van der Waals surface area contributed by atoms with E-state index in [1.807, 2.05) is 56.2 Å². The van der Waals surface area contributed by atoms with Gasteiger partial charge in [-0.05, 0) is 83.2 Å². The van der Waals surface area contributed by atoms with E-state index in [0.717, 1.165) is 68.8 Å². The summed E-state index contributed by atoms with van der Waals surface area (Å²) < 4.78 is 30.7. The van der Waals surface area contributed by atoms with E-state index in [4.69, 9.17) is 24.5 Å². The molecule has 4 aliphatic heterocycles. The molecule has 2 unspecified atom stereocenters. The Kier molecular flexibility index (Phi) is 11.0. The Bertz CT molecular complexity index is 2680. The Hall–Kier alpha value is -6.49. The Morgan fingerprint density at radius 3 is 2.48 bits per heavy atom. The molecule has 1 aromatic carbocycles. The zero-order chi connectivity index (χ0) is 45.0. The highest BCUT2D eigenvalue weighted by molar-refractivity contribution is 6.01. The van der Waals surface area contributed by atoms with Crippen LogP contribution in [0.3, 0.4) is 0 Å². The third kappa shape index (κ3) is 8.49. The summed E-state index contributed by atoms with van der Waals surface area (Å²) in [5.74, 6) is -0.689. The zero-order valence-electron chi connectivity index (χ0n) is 36.7.